The van der Waals surface area contributed by atoms with Crippen LogP contribution in [0, 0.1) is 11.3 Å². The number of carbonyl (C=O) groups is 1. The number of methoxy groups -OCH3 is 1. The molecule has 3 heterocycles. The zero-order chi connectivity index (χ0) is 21.8. The van der Waals surface area contributed by atoms with Crippen LogP contribution in [0.1, 0.15) is 22.8 Å². The summed E-state index contributed by atoms with van der Waals surface area (Å²) in [7, 11) is 1.56. The Balaban J connectivity index is 1.59. The molecule has 3 aromatic rings. The second-order valence-corrected chi connectivity index (χ2v) is 7.05. The van der Waals surface area contributed by atoms with E-state index in [4.69, 9.17) is 9.47 Å². The Labute approximate surface area is 180 Å². The van der Waals surface area contributed by atoms with Gasteiger partial charge in [-0.25, -0.2) is 4.98 Å². The van der Waals surface area contributed by atoms with Gasteiger partial charge in [0.15, 0.2) is 0 Å². The van der Waals surface area contributed by atoms with Crippen molar-refractivity contribution in [3.05, 3.63) is 41.5 Å². The normalized spacial score (nSPS) is 13.6. The number of aromatic nitrogens is 2. The molecule has 4 rings (SSSR count). The first-order valence-corrected chi connectivity index (χ1v) is 10.1. The molecule has 0 atom stereocenters. The minimum absolute atomic E-state index is 0.0425. The van der Waals surface area contributed by atoms with E-state index in [1.54, 1.807) is 36.3 Å². The first-order chi connectivity index (χ1) is 15.1. The number of H-pyrrole nitrogens is 1. The third kappa shape index (κ3) is 4.11. The van der Waals surface area contributed by atoms with Gasteiger partial charge in [0.25, 0.3) is 5.91 Å². The van der Waals surface area contributed by atoms with Crippen molar-refractivity contribution in [3.63, 3.8) is 0 Å². The second kappa shape index (κ2) is 8.93. The molecule has 1 fully saturated rings. The molecule has 1 aliphatic heterocycles. The Kier molecular flexibility index (Phi) is 5.91. The van der Waals surface area contributed by atoms with Gasteiger partial charge in [0, 0.05) is 30.6 Å². The molecule has 1 aliphatic rings. The number of anilines is 3. The number of pyridine rings is 1. The van der Waals surface area contributed by atoms with Crippen LogP contribution in [-0.2, 0) is 4.74 Å². The van der Waals surface area contributed by atoms with Gasteiger partial charge in [-0.05, 0) is 37.3 Å². The monoisotopic (exact) mass is 420 g/mol. The third-order valence-electron chi connectivity index (χ3n) is 5.13. The van der Waals surface area contributed by atoms with Gasteiger partial charge in [0.05, 0.1) is 26.0 Å². The van der Waals surface area contributed by atoms with Crippen LogP contribution in [-0.4, -0.2) is 60.7 Å². The zero-order valence-electron chi connectivity index (χ0n) is 17.5. The van der Waals surface area contributed by atoms with Crippen molar-refractivity contribution in [2.45, 2.75) is 6.92 Å². The molecule has 2 aromatic heterocycles. The number of hydrogen-bond donors (Lipinski definition) is 3. The molecule has 0 bridgehead atoms. The lowest BCUT2D eigenvalue weighted by Crippen LogP contribution is -2.40. The summed E-state index contributed by atoms with van der Waals surface area (Å²) in [5.41, 5.74) is 2.40. The van der Waals surface area contributed by atoms with E-state index in [9.17, 15) is 10.1 Å². The van der Waals surface area contributed by atoms with Crippen molar-refractivity contribution in [1.29, 1.82) is 5.26 Å². The largest absolute Gasteiger partial charge is 0.495 e. The number of rotatable bonds is 6. The first-order valence-electron chi connectivity index (χ1n) is 10.1. The number of aromatic amines is 1. The van der Waals surface area contributed by atoms with E-state index in [-0.39, 0.29) is 5.91 Å². The molecule has 0 radical (unpaired) electrons. The summed E-state index contributed by atoms with van der Waals surface area (Å²) in [5.74, 6) is 1.75. The number of nitrogens with zero attached hydrogens (tertiary/aromatic N) is 3. The molecule has 160 valence electrons. The molecule has 1 aromatic carbocycles. The molecule has 1 amide bonds. The maximum atomic E-state index is 12.7. The highest BCUT2D eigenvalue weighted by Gasteiger charge is 2.20. The Hall–Kier alpha value is -3.77. The van der Waals surface area contributed by atoms with Crippen molar-refractivity contribution in [1.82, 2.24) is 14.9 Å². The maximum Gasteiger partial charge on any atom is 0.254 e. The predicted molar refractivity (Wildman–Crippen MR) is 118 cm³/mol. The molecule has 0 saturated carbocycles. The average molecular weight is 420 g/mol. The van der Waals surface area contributed by atoms with Crippen molar-refractivity contribution < 1.29 is 14.3 Å². The third-order valence-corrected chi connectivity index (χ3v) is 5.13. The highest BCUT2D eigenvalue weighted by atomic mass is 16.5. The Morgan fingerprint density at radius 3 is 2.84 bits per heavy atom. The number of morpholine rings is 1. The number of nitriles is 1. The molecule has 0 unspecified atom stereocenters. The van der Waals surface area contributed by atoms with Crippen molar-refractivity contribution >= 4 is 34.3 Å². The van der Waals surface area contributed by atoms with Gasteiger partial charge in [-0.15, -0.1) is 0 Å². The van der Waals surface area contributed by atoms with Gasteiger partial charge in [-0.1, -0.05) is 0 Å². The van der Waals surface area contributed by atoms with E-state index >= 15 is 0 Å². The van der Waals surface area contributed by atoms with Crippen LogP contribution < -0.4 is 15.4 Å². The molecule has 3 N–H and O–H groups in total. The van der Waals surface area contributed by atoms with E-state index in [0.717, 1.165) is 5.39 Å². The zero-order valence-corrected chi connectivity index (χ0v) is 17.5. The highest BCUT2D eigenvalue weighted by Crippen LogP contribution is 2.31. The van der Waals surface area contributed by atoms with E-state index in [1.807, 2.05) is 13.0 Å². The fraction of sp³-hybridized carbons (Fsp3) is 0.318. The van der Waals surface area contributed by atoms with Crippen molar-refractivity contribution in [3.8, 4) is 11.8 Å². The lowest BCUT2D eigenvalue weighted by atomic mass is 10.1. The number of nitrogens with one attached hydrogen (secondary N) is 3. The fourth-order valence-corrected chi connectivity index (χ4v) is 3.58. The van der Waals surface area contributed by atoms with Gasteiger partial charge >= 0.3 is 0 Å². The van der Waals surface area contributed by atoms with Gasteiger partial charge in [0.1, 0.15) is 34.7 Å². The summed E-state index contributed by atoms with van der Waals surface area (Å²) in [4.78, 5) is 22.3. The highest BCUT2D eigenvalue weighted by molar-refractivity contribution is 5.95. The SMILES string of the molecule is CCNc1[nH]c2nc(Nc3ccc(C(=O)N4CCOCC4)cc3OC)ccc2c1C#N. The van der Waals surface area contributed by atoms with E-state index in [1.165, 1.54) is 0 Å². The van der Waals surface area contributed by atoms with Crippen LogP contribution in [0.3, 0.4) is 0 Å². The molecule has 1 saturated heterocycles. The quantitative estimate of drug-likeness (QED) is 0.561. The minimum atomic E-state index is -0.0425. The van der Waals surface area contributed by atoms with Gasteiger partial charge in [0.2, 0.25) is 0 Å². The molecule has 9 heteroatoms. The fourth-order valence-electron chi connectivity index (χ4n) is 3.58. The predicted octanol–water partition coefficient (Wildman–Crippen LogP) is 3.09. The van der Waals surface area contributed by atoms with Crippen LogP contribution in [0.15, 0.2) is 30.3 Å². The van der Waals surface area contributed by atoms with Crippen LogP contribution in [0.4, 0.5) is 17.3 Å². The Morgan fingerprint density at radius 2 is 2.13 bits per heavy atom. The van der Waals surface area contributed by atoms with Crippen LogP contribution in [0.5, 0.6) is 5.75 Å². The smallest absolute Gasteiger partial charge is 0.254 e. The molecular weight excluding hydrogens is 396 g/mol. The Bertz CT molecular complexity index is 1140. The summed E-state index contributed by atoms with van der Waals surface area (Å²) in [6.07, 6.45) is 0. The summed E-state index contributed by atoms with van der Waals surface area (Å²) in [6, 6.07) is 11.2. The minimum Gasteiger partial charge on any atom is -0.495 e. The number of amides is 1. The number of hydrogen-bond acceptors (Lipinski definition) is 7. The van der Waals surface area contributed by atoms with Gasteiger partial charge < -0.3 is 30.0 Å². The van der Waals surface area contributed by atoms with E-state index in [0.29, 0.717) is 72.7 Å². The average Bonchev–Trinajstić information content (AvgIpc) is 3.16. The van der Waals surface area contributed by atoms with E-state index in [2.05, 4.69) is 26.7 Å². The summed E-state index contributed by atoms with van der Waals surface area (Å²) in [6.45, 7) is 4.94. The number of fused-ring (bicyclic) bond motifs is 1. The van der Waals surface area contributed by atoms with Crippen molar-refractivity contribution in [2.24, 2.45) is 0 Å². The standard InChI is InChI=1S/C22H24N6O3/c1-3-24-20-16(13-23)15-5-7-19(26-21(15)27-20)25-17-6-4-14(12-18(17)30-2)22(29)28-8-10-31-11-9-28/h4-7,12,24H,3,8-11H2,1-2H3,(H2,25,26,27). The molecule has 0 spiro atoms. The topological polar surface area (TPSA) is 115 Å². The van der Waals surface area contributed by atoms with Crippen LogP contribution in [0.25, 0.3) is 11.0 Å². The summed E-state index contributed by atoms with van der Waals surface area (Å²) in [5, 5.41) is 16.6. The van der Waals surface area contributed by atoms with Gasteiger partial charge in [-0.3, -0.25) is 4.79 Å². The summed E-state index contributed by atoms with van der Waals surface area (Å²) >= 11 is 0. The number of ether oxygens (including phenoxy) is 2. The van der Waals surface area contributed by atoms with Gasteiger partial charge in [-0.2, -0.15) is 5.26 Å². The lowest BCUT2D eigenvalue weighted by molar-refractivity contribution is 0.0302. The Morgan fingerprint density at radius 1 is 1.32 bits per heavy atom. The first kappa shape index (κ1) is 20.5. The molecule has 9 nitrogen and oxygen atoms in total. The maximum absolute atomic E-state index is 12.7. The van der Waals surface area contributed by atoms with Crippen LogP contribution in [0.2, 0.25) is 0 Å². The number of benzene rings is 1. The van der Waals surface area contributed by atoms with E-state index < -0.39 is 0 Å². The summed E-state index contributed by atoms with van der Waals surface area (Å²) < 4.78 is 10.8. The second-order valence-electron chi connectivity index (χ2n) is 7.05. The molecular formula is C22H24N6O3. The lowest BCUT2D eigenvalue weighted by Gasteiger charge is -2.27. The molecule has 0 aliphatic carbocycles. The van der Waals surface area contributed by atoms with Crippen LogP contribution >= 0.6 is 0 Å². The number of carbonyl (C=O) groups excluding carboxylic acids is 1. The van der Waals surface area contributed by atoms with Crippen molar-refractivity contribution in [2.75, 3.05) is 50.6 Å². The molecule has 31 heavy (non-hydrogen) atoms.